The summed E-state index contributed by atoms with van der Waals surface area (Å²) in [6.45, 7) is 9.46. The van der Waals surface area contributed by atoms with E-state index < -0.39 is 0 Å². The molecule has 3 heteroatoms. The van der Waals surface area contributed by atoms with Crippen LogP contribution in [0, 0.1) is 11.3 Å². The van der Waals surface area contributed by atoms with Gasteiger partial charge in [-0.2, -0.15) is 0 Å². The second kappa shape index (κ2) is 6.08. The molecule has 2 heterocycles. The number of carbonyl (C=O) groups excluding carboxylic acids is 1. The van der Waals surface area contributed by atoms with Crippen molar-refractivity contribution in [1.29, 1.82) is 0 Å². The fourth-order valence-electron chi connectivity index (χ4n) is 3.43. The summed E-state index contributed by atoms with van der Waals surface area (Å²) in [5.41, 5.74) is 0.382. The lowest BCUT2D eigenvalue weighted by Gasteiger charge is -2.29. The van der Waals surface area contributed by atoms with Gasteiger partial charge in [0.25, 0.3) is 0 Å². The van der Waals surface area contributed by atoms with E-state index in [9.17, 15) is 4.79 Å². The third-order valence-corrected chi connectivity index (χ3v) is 5.29. The van der Waals surface area contributed by atoms with Crippen LogP contribution in [0.2, 0.25) is 0 Å². The van der Waals surface area contributed by atoms with Gasteiger partial charge in [0.2, 0.25) is 5.91 Å². The Morgan fingerprint density at radius 2 is 2.11 bits per heavy atom. The highest BCUT2D eigenvalue weighted by molar-refractivity contribution is 5.80. The van der Waals surface area contributed by atoms with Crippen molar-refractivity contribution in [2.75, 3.05) is 19.6 Å². The molecule has 0 saturated carbocycles. The zero-order valence-corrected chi connectivity index (χ0v) is 12.6. The number of hydrogen-bond acceptors (Lipinski definition) is 2. The van der Waals surface area contributed by atoms with Crippen LogP contribution in [-0.2, 0) is 4.79 Å². The minimum absolute atomic E-state index is 0.114. The van der Waals surface area contributed by atoms with Gasteiger partial charge in [0.15, 0.2) is 0 Å². The molecule has 1 fully saturated rings. The number of nitrogens with zero attached hydrogens (tertiary/aromatic N) is 1. The van der Waals surface area contributed by atoms with Crippen molar-refractivity contribution in [1.82, 2.24) is 10.2 Å². The molecule has 0 bridgehead atoms. The van der Waals surface area contributed by atoms with Crippen LogP contribution in [0.25, 0.3) is 0 Å². The average molecular weight is 264 g/mol. The van der Waals surface area contributed by atoms with Gasteiger partial charge in [-0.25, -0.2) is 0 Å². The standard InChI is InChI=1S/C16H28N2O/c1-4-16(5-2)9-11-18(12-16)15(19)14-8-6-7-10-17-13(14)3/h6-7,13-14,17H,4-5,8-12H2,1-3H3/t13-,14-/m1/s1. The van der Waals surface area contributed by atoms with Gasteiger partial charge in [-0.1, -0.05) is 26.0 Å². The lowest BCUT2D eigenvalue weighted by atomic mass is 9.82. The maximum atomic E-state index is 12.7. The molecule has 3 nitrogen and oxygen atoms in total. The molecule has 0 aromatic carbocycles. The SMILES string of the molecule is CCC1(CC)CCN(C(=O)[C@@H]2CC=CCN[C@@H]2C)C1. The van der Waals surface area contributed by atoms with E-state index in [0.29, 0.717) is 11.3 Å². The van der Waals surface area contributed by atoms with Gasteiger partial charge in [-0.15, -0.1) is 0 Å². The Balaban J connectivity index is 2.02. The summed E-state index contributed by atoms with van der Waals surface area (Å²) in [7, 11) is 0. The molecule has 0 aromatic heterocycles. The zero-order valence-electron chi connectivity index (χ0n) is 12.6. The summed E-state index contributed by atoms with van der Waals surface area (Å²) in [5.74, 6) is 0.471. The first kappa shape index (κ1) is 14.6. The number of allylic oxidation sites excluding steroid dienone is 1. The number of amides is 1. The summed E-state index contributed by atoms with van der Waals surface area (Å²) >= 11 is 0. The van der Waals surface area contributed by atoms with Crippen LogP contribution in [0.3, 0.4) is 0 Å². The first-order chi connectivity index (χ1) is 9.12. The topological polar surface area (TPSA) is 32.3 Å². The van der Waals surface area contributed by atoms with Crippen LogP contribution >= 0.6 is 0 Å². The summed E-state index contributed by atoms with van der Waals surface area (Å²) in [5, 5.41) is 3.41. The maximum Gasteiger partial charge on any atom is 0.227 e. The Morgan fingerprint density at radius 3 is 2.74 bits per heavy atom. The van der Waals surface area contributed by atoms with Crippen molar-refractivity contribution in [2.45, 2.75) is 52.5 Å². The highest BCUT2D eigenvalue weighted by atomic mass is 16.2. The Bertz CT molecular complexity index is 347. The maximum absolute atomic E-state index is 12.7. The molecule has 1 saturated heterocycles. The Morgan fingerprint density at radius 1 is 1.37 bits per heavy atom. The molecule has 108 valence electrons. The van der Waals surface area contributed by atoms with Crippen molar-refractivity contribution in [3.8, 4) is 0 Å². The minimum atomic E-state index is 0.114. The summed E-state index contributed by atoms with van der Waals surface area (Å²) in [6, 6.07) is 0.278. The van der Waals surface area contributed by atoms with E-state index in [1.54, 1.807) is 0 Å². The van der Waals surface area contributed by atoms with Crippen molar-refractivity contribution >= 4 is 5.91 Å². The van der Waals surface area contributed by atoms with E-state index in [2.05, 4.69) is 43.1 Å². The Labute approximate surface area is 117 Å². The number of hydrogen-bond donors (Lipinski definition) is 1. The highest BCUT2D eigenvalue weighted by Gasteiger charge is 2.39. The highest BCUT2D eigenvalue weighted by Crippen LogP contribution is 2.37. The fraction of sp³-hybridized carbons (Fsp3) is 0.812. The van der Waals surface area contributed by atoms with E-state index in [4.69, 9.17) is 0 Å². The first-order valence-electron chi connectivity index (χ1n) is 7.79. The van der Waals surface area contributed by atoms with Crippen LogP contribution < -0.4 is 5.32 Å². The van der Waals surface area contributed by atoms with Crippen LogP contribution in [0.1, 0.15) is 46.5 Å². The number of likely N-dealkylation sites (tertiary alicyclic amines) is 1. The van der Waals surface area contributed by atoms with E-state index in [1.165, 1.54) is 19.3 Å². The van der Waals surface area contributed by atoms with Gasteiger partial charge < -0.3 is 10.2 Å². The van der Waals surface area contributed by atoms with Crippen LogP contribution in [0.15, 0.2) is 12.2 Å². The van der Waals surface area contributed by atoms with E-state index >= 15 is 0 Å². The molecule has 19 heavy (non-hydrogen) atoms. The number of rotatable bonds is 3. The van der Waals surface area contributed by atoms with E-state index in [0.717, 1.165) is 26.1 Å². The zero-order chi connectivity index (χ0) is 13.9. The molecule has 0 radical (unpaired) electrons. The first-order valence-corrected chi connectivity index (χ1v) is 7.79. The normalized spacial score (nSPS) is 30.4. The smallest absolute Gasteiger partial charge is 0.227 e. The van der Waals surface area contributed by atoms with Crippen LogP contribution in [0.4, 0.5) is 0 Å². The molecule has 0 unspecified atom stereocenters. The largest absolute Gasteiger partial charge is 0.342 e. The lowest BCUT2D eigenvalue weighted by molar-refractivity contribution is -0.135. The quantitative estimate of drug-likeness (QED) is 0.795. The molecule has 1 N–H and O–H groups in total. The average Bonchev–Trinajstić information content (AvgIpc) is 2.76. The molecule has 2 rings (SSSR count). The monoisotopic (exact) mass is 264 g/mol. The molecule has 2 aliphatic rings. The van der Waals surface area contributed by atoms with Crippen molar-refractivity contribution in [3.63, 3.8) is 0 Å². The second-order valence-electron chi connectivity index (χ2n) is 6.23. The van der Waals surface area contributed by atoms with Gasteiger partial charge in [0.05, 0.1) is 5.92 Å². The molecule has 0 spiro atoms. The third kappa shape index (κ3) is 3.02. The van der Waals surface area contributed by atoms with Gasteiger partial charge in [-0.05, 0) is 38.0 Å². The predicted octanol–water partition coefficient (Wildman–Crippen LogP) is 2.58. The van der Waals surface area contributed by atoms with Crippen LogP contribution in [-0.4, -0.2) is 36.5 Å². The van der Waals surface area contributed by atoms with E-state index in [1.807, 2.05) is 0 Å². The molecular formula is C16H28N2O. The molecular weight excluding hydrogens is 236 g/mol. The minimum Gasteiger partial charge on any atom is -0.342 e. The van der Waals surface area contributed by atoms with Gasteiger partial charge >= 0.3 is 0 Å². The third-order valence-electron chi connectivity index (χ3n) is 5.29. The number of nitrogens with one attached hydrogen (secondary N) is 1. The lowest BCUT2D eigenvalue weighted by Crippen LogP contribution is -2.44. The fourth-order valence-corrected chi connectivity index (χ4v) is 3.43. The molecule has 0 aliphatic carbocycles. The van der Waals surface area contributed by atoms with Crippen molar-refractivity contribution in [2.24, 2.45) is 11.3 Å². The second-order valence-corrected chi connectivity index (χ2v) is 6.23. The Kier molecular flexibility index (Phi) is 4.67. The molecule has 2 atom stereocenters. The van der Waals surface area contributed by atoms with E-state index in [-0.39, 0.29) is 12.0 Å². The molecule has 0 aromatic rings. The molecule has 2 aliphatic heterocycles. The van der Waals surface area contributed by atoms with Crippen molar-refractivity contribution in [3.05, 3.63) is 12.2 Å². The van der Waals surface area contributed by atoms with Crippen molar-refractivity contribution < 1.29 is 4.79 Å². The summed E-state index contributed by atoms with van der Waals surface area (Å²) < 4.78 is 0. The van der Waals surface area contributed by atoms with Gasteiger partial charge in [-0.3, -0.25) is 4.79 Å². The Hall–Kier alpha value is -0.830. The summed E-state index contributed by atoms with van der Waals surface area (Å²) in [4.78, 5) is 14.9. The predicted molar refractivity (Wildman–Crippen MR) is 78.9 cm³/mol. The number of carbonyl (C=O) groups is 1. The summed E-state index contributed by atoms with van der Waals surface area (Å²) in [6.07, 6.45) is 8.72. The van der Waals surface area contributed by atoms with Gasteiger partial charge in [0, 0.05) is 25.7 Å². The molecule has 1 amide bonds. The van der Waals surface area contributed by atoms with Crippen LogP contribution in [0.5, 0.6) is 0 Å². The van der Waals surface area contributed by atoms with Gasteiger partial charge in [0.1, 0.15) is 0 Å².